The maximum Gasteiger partial charge on any atom is 0.420 e. The molecular weight excluding hydrogens is 258 g/mol. The van der Waals surface area contributed by atoms with Gasteiger partial charge in [0.2, 0.25) is 0 Å². The van der Waals surface area contributed by atoms with E-state index < -0.39 is 6.09 Å². The molecule has 1 amide bonds. The van der Waals surface area contributed by atoms with Crippen molar-refractivity contribution < 1.29 is 9.90 Å². The van der Waals surface area contributed by atoms with Crippen molar-refractivity contribution in [1.29, 1.82) is 0 Å². The van der Waals surface area contributed by atoms with Crippen LogP contribution in [-0.4, -0.2) is 11.2 Å². The second kappa shape index (κ2) is 4.77. The highest BCUT2D eigenvalue weighted by Crippen LogP contribution is 2.36. The maximum absolute atomic E-state index is 11.4. The van der Waals surface area contributed by atoms with Gasteiger partial charge in [0.05, 0.1) is 5.69 Å². The Kier molecular flexibility index (Phi) is 3.36. The minimum atomic E-state index is -0.999. The summed E-state index contributed by atoms with van der Waals surface area (Å²) in [7, 11) is -0.186. The molecule has 88 valence electrons. The Bertz CT molecular complexity index is 553. The molecule has 1 N–H and O–H groups in total. The summed E-state index contributed by atoms with van der Waals surface area (Å²) in [4.78, 5) is 12.6. The molecule has 1 aromatic carbocycles. The van der Waals surface area contributed by atoms with Crippen LogP contribution in [0.3, 0.4) is 0 Å². The Labute approximate surface area is 107 Å². The van der Waals surface area contributed by atoms with Crippen LogP contribution in [0.5, 0.6) is 0 Å². The van der Waals surface area contributed by atoms with E-state index >= 15 is 0 Å². The van der Waals surface area contributed by atoms with Gasteiger partial charge in [-0.15, -0.1) is 0 Å². The summed E-state index contributed by atoms with van der Waals surface area (Å²) < 4.78 is 0. The minimum Gasteiger partial charge on any atom is -0.464 e. The van der Waals surface area contributed by atoms with Gasteiger partial charge >= 0.3 is 6.09 Å². The predicted octanol–water partition coefficient (Wildman–Crippen LogP) is 4.44. The lowest BCUT2D eigenvalue weighted by Crippen LogP contribution is -2.22. The van der Waals surface area contributed by atoms with Crippen LogP contribution in [0.25, 0.3) is 0 Å². The second-order valence-corrected chi connectivity index (χ2v) is 5.73. The third-order valence-electron chi connectivity index (χ3n) is 2.33. The molecular formula is C12H11ClNO2S+. The van der Waals surface area contributed by atoms with Crippen LogP contribution >= 0.6 is 22.1 Å². The van der Waals surface area contributed by atoms with E-state index in [4.69, 9.17) is 11.6 Å². The SMILES string of the molecule is C[s+]1cccc1N(C(=O)O)c1cccc(Cl)c1. The van der Waals surface area contributed by atoms with Crippen LogP contribution in [-0.2, 0) is 6.26 Å². The summed E-state index contributed by atoms with van der Waals surface area (Å²) in [5, 5.41) is 12.6. The number of halogens is 1. The topological polar surface area (TPSA) is 40.5 Å². The zero-order chi connectivity index (χ0) is 12.4. The van der Waals surface area contributed by atoms with E-state index in [0.29, 0.717) is 10.7 Å². The van der Waals surface area contributed by atoms with Crippen molar-refractivity contribution in [3.63, 3.8) is 0 Å². The summed E-state index contributed by atoms with van der Waals surface area (Å²) in [5.41, 5.74) is 0.569. The molecule has 0 aliphatic rings. The van der Waals surface area contributed by atoms with Crippen molar-refractivity contribution in [3.8, 4) is 0 Å². The van der Waals surface area contributed by atoms with Crippen molar-refractivity contribution in [2.24, 2.45) is 6.26 Å². The fourth-order valence-corrected chi connectivity index (χ4v) is 2.99. The Hall–Kier alpha value is -1.52. The van der Waals surface area contributed by atoms with Crippen molar-refractivity contribution >= 4 is 38.9 Å². The first-order valence-electron chi connectivity index (χ1n) is 4.91. The highest BCUT2D eigenvalue weighted by atomic mass is 35.5. The molecule has 0 bridgehead atoms. The lowest BCUT2D eigenvalue weighted by Gasteiger charge is -2.14. The summed E-state index contributed by atoms with van der Waals surface area (Å²) in [6.45, 7) is 0. The van der Waals surface area contributed by atoms with Crippen molar-refractivity contribution in [2.75, 3.05) is 4.90 Å². The lowest BCUT2D eigenvalue weighted by atomic mass is 10.3. The predicted molar refractivity (Wildman–Crippen MR) is 71.5 cm³/mol. The van der Waals surface area contributed by atoms with Crippen LogP contribution in [0.4, 0.5) is 15.5 Å². The van der Waals surface area contributed by atoms with Gasteiger partial charge in [-0.05, 0) is 34.7 Å². The Morgan fingerprint density at radius 2 is 2.12 bits per heavy atom. The van der Waals surface area contributed by atoms with Crippen LogP contribution in [0.2, 0.25) is 5.02 Å². The monoisotopic (exact) mass is 268 g/mol. The number of rotatable bonds is 2. The van der Waals surface area contributed by atoms with E-state index in [1.54, 1.807) is 24.3 Å². The van der Waals surface area contributed by atoms with Gasteiger partial charge in [-0.2, -0.15) is 0 Å². The Morgan fingerprint density at radius 1 is 1.35 bits per heavy atom. The molecule has 17 heavy (non-hydrogen) atoms. The number of hydrogen-bond acceptors (Lipinski definition) is 1. The quantitative estimate of drug-likeness (QED) is 0.818. The molecule has 1 unspecified atom stereocenters. The van der Waals surface area contributed by atoms with Gasteiger partial charge in [0, 0.05) is 11.1 Å². The summed E-state index contributed by atoms with van der Waals surface area (Å²) in [6.07, 6.45) is 0.983. The zero-order valence-electron chi connectivity index (χ0n) is 9.13. The van der Waals surface area contributed by atoms with Crippen LogP contribution < -0.4 is 4.90 Å². The molecule has 1 heterocycles. The van der Waals surface area contributed by atoms with Gasteiger partial charge in [-0.1, -0.05) is 17.7 Å². The molecule has 0 aliphatic heterocycles. The molecule has 2 rings (SSSR count). The largest absolute Gasteiger partial charge is 0.464 e. The molecule has 3 nitrogen and oxygen atoms in total. The van der Waals surface area contributed by atoms with E-state index in [0.717, 1.165) is 5.00 Å². The molecule has 1 atom stereocenters. The number of carboxylic acid groups (broad SMARTS) is 1. The molecule has 1 aromatic heterocycles. The van der Waals surface area contributed by atoms with Gasteiger partial charge in [-0.3, -0.25) is 0 Å². The first-order chi connectivity index (χ1) is 8.09. The smallest absolute Gasteiger partial charge is 0.420 e. The molecule has 5 heteroatoms. The van der Waals surface area contributed by atoms with Gasteiger partial charge in [-0.25, -0.2) is 9.69 Å². The van der Waals surface area contributed by atoms with Crippen molar-refractivity contribution in [2.45, 2.75) is 0 Å². The van der Waals surface area contributed by atoms with Crippen LogP contribution in [0, 0.1) is 0 Å². The summed E-state index contributed by atoms with van der Waals surface area (Å²) in [6, 6.07) is 10.5. The fourth-order valence-electron chi connectivity index (χ4n) is 1.58. The number of benzene rings is 1. The first kappa shape index (κ1) is 12.0. The molecule has 0 aliphatic carbocycles. The number of nitrogens with zero attached hydrogens (tertiary/aromatic N) is 1. The first-order valence-corrected chi connectivity index (χ1v) is 6.99. The zero-order valence-corrected chi connectivity index (χ0v) is 10.7. The number of anilines is 2. The van der Waals surface area contributed by atoms with Gasteiger partial charge in [0.15, 0.2) is 0 Å². The fraction of sp³-hybridized carbons (Fsp3) is 0.0833. The van der Waals surface area contributed by atoms with Crippen LogP contribution in [0.15, 0.2) is 41.8 Å². The summed E-state index contributed by atoms with van der Waals surface area (Å²) >= 11 is 5.88. The second-order valence-electron chi connectivity index (χ2n) is 3.49. The number of thiophene rings is 1. The van der Waals surface area contributed by atoms with Gasteiger partial charge < -0.3 is 5.11 Å². The van der Waals surface area contributed by atoms with Crippen molar-refractivity contribution in [3.05, 3.63) is 46.8 Å². The number of carbonyl (C=O) groups is 1. The molecule has 0 saturated heterocycles. The number of hydrogen-bond donors (Lipinski definition) is 1. The van der Waals surface area contributed by atoms with E-state index in [2.05, 4.69) is 0 Å². The highest BCUT2D eigenvalue weighted by molar-refractivity contribution is 7.31. The Balaban J connectivity index is 2.50. The maximum atomic E-state index is 11.4. The highest BCUT2D eigenvalue weighted by Gasteiger charge is 2.24. The van der Waals surface area contributed by atoms with Crippen LogP contribution in [0.1, 0.15) is 0 Å². The minimum absolute atomic E-state index is 0.186. The third kappa shape index (κ3) is 2.43. The van der Waals surface area contributed by atoms with Crippen molar-refractivity contribution in [1.82, 2.24) is 0 Å². The lowest BCUT2D eigenvalue weighted by molar-refractivity contribution is 0.205. The third-order valence-corrected chi connectivity index (χ3v) is 4.11. The van der Waals surface area contributed by atoms with E-state index in [1.807, 2.05) is 23.8 Å². The number of aryl methyl sites for hydroxylation is 1. The molecule has 0 radical (unpaired) electrons. The molecule has 2 aromatic rings. The number of amides is 1. The normalized spacial score (nSPS) is 11.3. The average Bonchev–Trinajstić information content (AvgIpc) is 2.65. The van der Waals surface area contributed by atoms with E-state index in [9.17, 15) is 9.90 Å². The molecule has 0 spiro atoms. The van der Waals surface area contributed by atoms with Gasteiger partial charge in [0.25, 0.3) is 5.00 Å². The van der Waals surface area contributed by atoms with E-state index in [-0.39, 0.29) is 10.5 Å². The standard InChI is InChI=1S/C12H10ClNO2S/c1-17-7-3-6-11(17)14(12(15)16)10-5-2-4-9(13)8-10/h2-8H,1H3/p+1. The van der Waals surface area contributed by atoms with E-state index in [1.165, 1.54) is 4.90 Å². The summed E-state index contributed by atoms with van der Waals surface area (Å²) in [5.74, 6) is 0. The van der Waals surface area contributed by atoms with Gasteiger partial charge in [0.1, 0.15) is 11.6 Å². The Morgan fingerprint density at radius 3 is 2.65 bits per heavy atom. The molecule has 0 saturated carbocycles. The molecule has 0 fully saturated rings. The average molecular weight is 269 g/mol.